The van der Waals surface area contributed by atoms with Gasteiger partial charge in [0, 0.05) is 12.8 Å². The van der Waals surface area contributed by atoms with Gasteiger partial charge in [0.05, 0.1) is 13.2 Å². The first-order chi connectivity index (χ1) is 22.3. The zero-order valence-corrected chi connectivity index (χ0v) is 28.3. The highest BCUT2D eigenvalue weighted by molar-refractivity contribution is 5.87. The highest BCUT2D eigenvalue weighted by atomic mass is 16.5. The molecule has 0 aromatic rings. The van der Waals surface area contributed by atoms with E-state index in [1.54, 1.807) is 0 Å². The first kappa shape index (κ1) is 42.5. The maximum absolute atomic E-state index is 12.5. The lowest BCUT2D eigenvalue weighted by Crippen LogP contribution is -2.47. The number of aliphatic hydroxyl groups is 1. The van der Waals surface area contributed by atoms with Gasteiger partial charge in [-0.1, -0.05) is 94.2 Å². The minimum atomic E-state index is -1.39. The Morgan fingerprint density at radius 1 is 0.696 bits per heavy atom. The molecule has 0 fully saturated rings. The number of hydrogen-bond donors (Lipinski definition) is 4. The summed E-state index contributed by atoms with van der Waals surface area (Å²) >= 11 is 0. The van der Waals surface area contributed by atoms with Crippen LogP contribution in [-0.4, -0.2) is 59.3 Å². The summed E-state index contributed by atoms with van der Waals surface area (Å²) < 4.78 is 5.78. The smallest absolute Gasteiger partial charge is 0.328 e. The van der Waals surface area contributed by atoms with Gasteiger partial charge in [-0.15, -0.1) is 0 Å². The number of allylic oxidation sites excluding steroid dienone is 9. The average Bonchev–Trinajstić information content (AvgIpc) is 3.03. The fraction of sp³-hybridized carbons (Fsp3) is 0.622. The van der Waals surface area contributed by atoms with Gasteiger partial charge in [0.1, 0.15) is 12.1 Å². The third-order valence-corrected chi connectivity index (χ3v) is 6.98. The van der Waals surface area contributed by atoms with E-state index in [1.807, 2.05) is 6.08 Å². The number of amides is 2. The first-order valence-corrected chi connectivity index (χ1v) is 17.2. The molecule has 0 rings (SSSR count). The lowest BCUT2D eigenvalue weighted by Gasteiger charge is -2.15. The molecule has 4 N–H and O–H groups in total. The molecular weight excluding hydrogens is 584 g/mol. The number of carboxylic acid groups (broad SMARTS) is 1. The minimum absolute atomic E-state index is 0.162. The Morgan fingerprint density at radius 3 is 1.93 bits per heavy atom. The van der Waals surface area contributed by atoms with Crippen molar-refractivity contribution in [2.24, 2.45) is 0 Å². The second-order valence-corrected chi connectivity index (χ2v) is 11.2. The molecule has 46 heavy (non-hydrogen) atoms. The van der Waals surface area contributed by atoms with Crippen LogP contribution in [0.4, 0.5) is 0 Å². The topological polar surface area (TPSA) is 142 Å². The first-order valence-electron chi connectivity index (χ1n) is 17.2. The number of aliphatic carboxylic acids is 1. The van der Waals surface area contributed by atoms with Gasteiger partial charge in [-0.05, 0) is 76.7 Å². The summed E-state index contributed by atoms with van der Waals surface area (Å²) in [6.45, 7) is 3.21. The molecule has 9 heteroatoms. The van der Waals surface area contributed by atoms with Gasteiger partial charge in [-0.25, -0.2) is 4.79 Å². The molecule has 0 aromatic heterocycles. The Bertz CT molecular complexity index is 969. The van der Waals surface area contributed by atoms with Crippen molar-refractivity contribution in [1.29, 1.82) is 0 Å². The number of ether oxygens (including phenoxy) is 1. The predicted octanol–water partition coefficient (Wildman–Crippen LogP) is 7.03. The van der Waals surface area contributed by atoms with Crippen LogP contribution < -0.4 is 10.6 Å². The van der Waals surface area contributed by atoms with Gasteiger partial charge in [0.15, 0.2) is 0 Å². The van der Waals surface area contributed by atoms with Crippen molar-refractivity contribution in [3.05, 3.63) is 60.8 Å². The van der Waals surface area contributed by atoms with Crippen LogP contribution in [-0.2, 0) is 23.9 Å². The van der Waals surface area contributed by atoms with E-state index in [0.717, 1.165) is 89.9 Å². The number of carbonyl (C=O) groups is 4. The second-order valence-electron chi connectivity index (χ2n) is 11.2. The van der Waals surface area contributed by atoms with Crippen LogP contribution in [0.5, 0.6) is 0 Å². The number of carboxylic acids is 1. The van der Waals surface area contributed by atoms with Crippen LogP contribution in [0, 0.1) is 0 Å². The zero-order valence-electron chi connectivity index (χ0n) is 28.3. The molecule has 0 radical (unpaired) electrons. The van der Waals surface area contributed by atoms with Crippen LogP contribution in [0.1, 0.15) is 123 Å². The van der Waals surface area contributed by atoms with E-state index in [-0.39, 0.29) is 30.9 Å². The largest absolute Gasteiger partial charge is 0.480 e. The van der Waals surface area contributed by atoms with Crippen molar-refractivity contribution in [3.8, 4) is 0 Å². The van der Waals surface area contributed by atoms with Gasteiger partial charge < -0.3 is 25.6 Å². The third kappa shape index (κ3) is 28.0. The summed E-state index contributed by atoms with van der Waals surface area (Å²) in [5.74, 6) is -2.47. The maximum Gasteiger partial charge on any atom is 0.328 e. The molecule has 0 spiro atoms. The number of carbonyl (C=O) groups excluding carboxylic acids is 3. The van der Waals surface area contributed by atoms with Crippen molar-refractivity contribution < 1.29 is 34.1 Å². The fourth-order valence-corrected chi connectivity index (χ4v) is 4.30. The molecule has 0 aliphatic carbocycles. The van der Waals surface area contributed by atoms with E-state index in [2.05, 4.69) is 79.2 Å². The van der Waals surface area contributed by atoms with E-state index in [0.29, 0.717) is 12.8 Å². The Kier molecular flexibility index (Phi) is 29.1. The van der Waals surface area contributed by atoms with Crippen LogP contribution >= 0.6 is 0 Å². The number of nitrogens with one attached hydrogen (secondary N) is 2. The average molecular weight is 645 g/mol. The molecule has 2 unspecified atom stereocenters. The quantitative estimate of drug-likeness (QED) is 0.0389. The van der Waals surface area contributed by atoms with E-state index >= 15 is 0 Å². The highest BCUT2D eigenvalue weighted by Crippen LogP contribution is 2.14. The normalized spacial score (nSPS) is 13.3. The number of rotatable bonds is 29. The molecule has 0 saturated heterocycles. The summed E-state index contributed by atoms with van der Waals surface area (Å²) in [6, 6.07) is -1.39. The Labute approximate surface area is 277 Å². The predicted molar refractivity (Wildman–Crippen MR) is 185 cm³/mol. The summed E-state index contributed by atoms with van der Waals surface area (Å²) in [4.78, 5) is 47.1. The van der Waals surface area contributed by atoms with Gasteiger partial charge >= 0.3 is 11.9 Å². The molecular formula is C37H60N2O7. The maximum atomic E-state index is 12.5. The molecule has 0 bridgehead atoms. The Hall–Kier alpha value is -3.46. The van der Waals surface area contributed by atoms with E-state index in [4.69, 9.17) is 14.9 Å². The van der Waals surface area contributed by atoms with Crippen LogP contribution in [0.25, 0.3) is 0 Å². The summed E-state index contributed by atoms with van der Waals surface area (Å²) in [6.07, 6.45) is 35.8. The number of hydrogen-bond acceptors (Lipinski definition) is 6. The van der Waals surface area contributed by atoms with Crippen LogP contribution in [0.15, 0.2) is 60.8 Å². The standard InChI is InChI=1S/C37H60N2O7/c1-3-5-7-9-10-11-12-13-14-15-16-17-18-19-25-29-36(43)46-32(26-22-8-6-4-2)27-23-20-21-24-28-34(41)38-30-35(42)39-33(31-40)37(44)45/h5,7,10-11,13-14,16-17,22,26,32-33,40H,3-4,6,8-9,12,15,18-21,23-25,27-31H2,1-2H3,(H,38,41)(H,39,42)(H,44,45)/b7-5-,11-10-,14-13-,17-16-,26-22-. The minimum Gasteiger partial charge on any atom is -0.480 e. The van der Waals surface area contributed by atoms with Gasteiger partial charge in [-0.3, -0.25) is 14.4 Å². The molecule has 2 atom stereocenters. The van der Waals surface area contributed by atoms with Crippen molar-refractivity contribution in [3.63, 3.8) is 0 Å². The summed E-state index contributed by atoms with van der Waals surface area (Å²) in [7, 11) is 0. The monoisotopic (exact) mass is 644 g/mol. The van der Waals surface area contributed by atoms with Crippen molar-refractivity contribution in [1.82, 2.24) is 10.6 Å². The molecule has 0 saturated carbocycles. The lowest BCUT2D eigenvalue weighted by atomic mass is 10.1. The highest BCUT2D eigenvalue weighted by Gasteiger charge is 2.18. The second kappa shape index (κ2) is 31.5. The van der Waals surface area contributed by atoms with Crippen LogP contribution in [0.2, 0.25) is 0 Å². The van der Waals surface area contributed by atoms with Gasteiger partial charge in [0.25, 0.3) is 0 Å². The summed E-state index contributed by atoms with van der Waals surface area (Å²) in [5, 5.41) is 22.4. The van der Waals surface area contributed by atoms with E-state index in [9.17, 15) is 19.2 Å². The molecule has 9 nitrogen and oxygen atoms in total. The van der Waals surface area contributed by atoms with E-state index < -0.39 is 24.5 Å². The van der Waals surface area contributed by atoms with Crippen molar-refractivity contribution >= 4 is 23.8 Å². The third-order valence-electron chi connectivity index (χ3n) is 6.98. The number of unbranched alkanes of at least 4 members (excludes halogenated alkanes) is 7. The fourth-order valence-electron chi connectivity index (χ4n) is 4.30. The van der Waals surface area contributed by atoms with Gasteiger partial charge in [0.2, 0.25) is 11.8 Å². The summed E-state index contributed by atoms with van der Waals surface area (Å²) in [5.41, 5.74) is 0. The molecule has 0 aliphatic heterocycles. The molecule has 0 aliphatic rings. The van der Waals surface area contributed by atoms with Crippen LogP contribution in [0.3, 0.4) is 0 Å². The molecule has 260 valence electrons. The Balaban J connectivity index is 4.20. The Morgan fingerprint density at radius 2 is 1.30 bits per heavy atom. The molecule has 0 heterocycles. The number of aliphatic hydroxyl groups excluding tert-OH is 1. The van der Waals surface area contributed by atoms with Gasteiger partial charge in [-0.2, -0.15) is 0 Å². The van der Waals surface area contributed by atoms with Crippen molar-refractivity contribution in [2.75, 3.05) is 13.2 Å². The SMILES string of the molecule is CC/C=C\C/C=C\C/C=C\C/C=C\CCCCC(=O)OC(/C=C\CCCC)CCCCCCC(=O)NCC(=O)NC(CO)C(=O)O. The van der Waals surface area contributed by atoms with Crippen molar-refractivity contribution in [2.45, 2.75) is 135 Å². The molecule has 0 aromatic carbocycles. The number of esters is 1. The molecule has 2 amide bonds. The van der Waals surface area contributed by atoms with E-state index in [1.165, 1.54) is 0 Å². The zero-order chi connectivity index (χ0) is 34.1. The lowest BCUT2D eigenvalue weighted by molar-refractivity contribution is -0.147.